The minimum Gasteiger partial charge on any atom is -0.323 e. The van der Waals surface area contributed by atoms with Gasteiger partial charge in [-0.1, -0.05) is 11.8 Å². The van der Waals surface area contributed by atoms with Crippen molar-refractivity contribution in [3.8, 4) is 0 Å². The van der Waals surface area contributed by atoms with Gasteiger partial charge in [0.15, 0.2) is 5.16 Å². The molecule has 1 aromatic heterocycles. The third kappa shape index (κ3) is 3.57. The van der Waals surface area contributed by atoms with Crippen LogP contribution in [0.5, 0.6) is 0 Å². The number of thioether (sulfide) groups is 1. The van der Waals surface area contributed by atoms with Crippen molar-refractivity contribution in [2.75, 3.05) is 5.32 Å². The smallest absolute Gasteiger partial charge is 0.237 e. The molecular weight excluding hydrogens is 298 g/mol. The predicted octanol–water partition coefficient (Wildman–Crippen LogP) is 2.52. The molecule has 112 valence electrons. The Balaban J connectivity index is 2.04. The number of aromatic nitrogens is 3. The minimum absolute atomic E-state index is 0.0528. The molecule has 0 aliphatic heterocycles. The van der Waals surface area contributed by atoms with Crippen LogP contribution in [0.4, 0.5) is 14.5 Å². The van der Waals surface area contributed by atoms with E-state index in [9.17, 15) is 13.6 Å². The molecule has 1 amide bonds. The van der Waals surface area contributed by atoms with E-state index in [1.54, 1.807) is 25.5 Å². The zero-order valence-corrected chi connectivity index (χ0v) is 12.5. The van der Waals surface area contributed by atoms with Gasteiger partial charge in [-0.2, -0.15) is 0 Å². The highest BCUT2D eigenvalue weighted by atomic mass is 32.2. The van der Waals surface area contributed by atoms with E-state index in [1.165, 1.54) is 17.8 Å². The van der Waals surface area contributed by atoms with Gasteiger partial charge in [0, 0.05) is 13.1 Å². The summed E-state index contributed by atoms with van der Waals surface area (Å²) < 4.78 is 28.0. The number of nitrogens with one attached hydrogen (secondary N) is 1. The van der Waals surface area contributed by atoms with Crippen LogP contribution in [0.15, 0.2) is 23.4 Å². The second-order valence-electron chi connectivity index (χ2n) is 4.46. The van der Waals surface area contributed by atoms with E-state index in [0.717, 1.165) is 18.0 Å². The molecule has 0 saturated carbocycles. The molecule has 2 aromatic rings. The van der Waals surface area contributed by atoms with Crippen LogP contribution in [0.25, 0.3) is 0 Å². The molecule has 21 heavy (non-hydrogen) atoms. The molecule has 1 unspecified atom stereocenters. The molecule has 1 atom stereocenters. The van der Waals surface area contributed by atoms with Crippen molar-refractivity contribution < 1.29 is 13.6 Å². The standard InChI is InChI=1S/C13H14F2N4OS/c1-7(21-13-18-17-8(2)19(13)3)12(20)16-11-5-4-9(14)6-10(11)15/h4-7H,1-3H3,(H,16,20). The Bertz CT molecular complexity index is 674. The maximum atomic E-state index is 13.5. The summed E-state index contributed by atoms with van der Waals surface area (Å²) in [4.78, 5) is 12.0. The zero-order chi connectivity index (χ0) is 15.6. The van der Waals surface area contributed by atoms with E-state index in [4.69, 9.17) is 0 Å². The molecule has 1 aromatic carbocycles. The lowest BCUT2D eigenvalue weighted by atomic mass is 10.3. The molecule has 0 aliphatic rings. The summed E-state index contributed by atoms with van der Waals surface area (Å²) in [5.41, 5.74) is -0.0528. The summed E-state index contributed by atoms with van der Waals surface area (Å²) in [7, 11) is 1.79. The number of carbonyl (C=O) groups excluding carboxylic acids is 1. The number of rotatable bonds is 4. The lowest BCUT2D eigenvalue weighted by molar-refractivity contribution is -0.115. The molecule has 0 aliphatic carbocycles. The van der Waals surface area contributed by atoms with Crippen molar-refractivity contribution in [3.63, 3.8) is 0 Å². The first-order chi connectivity index (χ1) is 9.88. The Morgan fingerprint density at radius 2 is 2.10 bits per heavy atom. The van der Waals surface area contributed by atoms with Gasteiger partial charge < -0.3 is 9.88 Å². The molecule has 0 saturated heterocycles. The van der Waals surface area contributed by atoms with Gasteiger partial charge in [-0.05, 0) is 26.0 Å². The van der Waals surface area contributed by atoms with Crippen LogP contribution in [0.3, 0.4) is 0 Å². The Labute approximate surface area is 124 Å². The molecule has 0 fully saturated rings. The first-order valence-corrected chi connectivity index (χ1v) is 7.05. The van der Waals surface area contributed by atoms with Crippen LogP contribution in [-0.4, -0.2) is 25.9 Å². The van der Waals surface area contributed by atoms with E-state index in [0.29, 0.717) is 5.16 Å². The third-order valence-electron chi connectivity index (χ3n) is 2.89. The maximum absolute atomic E-state index is 13.5. The lowest BCUT2D eigenvalue weighted by Crippen LogP contribution is -2.23. The second-order valence-corrected chi connectivity index (χ2v) is 5.77. The van der Waals surface area contributed by atoms with Crippen molar-refractivity contribution in [1.82, 2.24) is 14.8 Å². The first-order valence-electron chi connectivity index (χ1n) is 6.17. The van der Waals surface area contributed by atoms with Crippen molar-refractivity contribution in [2.24, 2.45) is 7.05 Å². The van der Waals surface area contributed by atoms with E-state index in [1.807, 2.05) is 0 Å². The Morgan fingerprint density at radius 3 is 2.67 bits per heavy atom. The van der Waals surface area contributed by atoms with Crippen molar-refractivity contribution in [1.29, 1.82) is 0 Å². The second kappa shape index (κ2) is 6.21. The number of carbonyl (C=O) groups is 1. The van der Waals surface area contributed by atoms with Crippen molar-refractivity contribution in [2.45, 2.75) is 24.3 Å². The quantitative estimate of drug-likeness (QED) is 0.881. The van der Waals surface area contributed by atoms with Gasteiger partial charge in [-0.15, -0.1) is 10.2 Å². The van der Waals surface area contributed by atoms with Gasteiger partial charge in [0.2, 0.25) is 5.91 Å². The van der Waals surface area contributed by atoms with Gasteiger partial charge >= 0.3 is 0 Å². The molecule has 2 rings (SSSR count). The number of aryl methyl sites for hydroxylation is 1. The monoisotopic (exact) mass is 312 g/mol. The SMILES string of the molecule is Cc1nnc(SC(C)C(=O)Nc2ccc(F)cc2F)n1C. The van der Waals surface area contributed by atoms with E-state index >= 15 is 0 Å². The predicted molar refractivity (Wildman–Crippen MR) is 76.0 cm³/mol. The first kappa shape index (κ1) is 15.4. The lowest BCUT2D eigenvalue weighted by Gasteiger charge is -2.12. The van der Waals surface area contributed by atoms with Crippen LogP contribution in [0.2, 0.25) is 0 Å². The van der Waals surface area contributed by atoms with Crippen LogP contribution in [-0.2, 0) is 11.8 Å². The average molecular weight is 312 g/mol. The number of hydrogen-bond acceptors (Lipinski definition) is 4. The number of benzene rings is 1. The third-order valence-corrected chi connectivity index (χ3v) is 4.03. The Hall–Kier alpha value is -1.96. The Morgan fingerprint density at radius 1 is 1.38 bits per heavy atom. The van der Waals surface area contributed by atoms with Gasteiger partial charge in [0.25, 0.3) is 0 Å². The molecule has 0 bridgehead atoms. The van der Waals surface area contributed by atoms with Gasteiger partial charge in [-0.3, -0.25) is 4.79 Å². The molecule has 1 N–H and O–H groups in total. The maximum Gasteiger partial charge on any atom is 0.237 e. The van der Waals surface area contributed by atoms with Crippen LogP contribution >= 0.6 is 11.8 Å². The number of anilines is 1. The summed E-state index contributed by atoms with van der Waals surface area (Å²) in [5, 5.41) is 10.4. The van der Waals surface area contributed by atoms with E-state index in [-0.39, 0.29) is 5.69 Å². The number of nitrogens with zero attached hydrogens (tertiary/aromatic N) is 3. The highest BCUT2D eigenvalue weighted by Gasteiger charge is 2.19. The van der Waals surface area contributed by atoms with Crippen LogP contribution in [0, 0.1) is 18.6 Å². The van der Waals surface area contributed by atoms with Gasteiger partial charge in [0.05, 0.1) is 10.9 Å². The summed E-state index contributed by atoms with van der Waals surface area (Å²) in [6, 6.07) is 2.99. The number of hydrogen-bond donors (Lipinski definition) is 1. The molecule has 8 heteroatoms. The summed E-state index contributed by atoms with van der Waals surface area (Å²) in [6.45, 7) is 3.47. The fourth-order valence-electron chi connectivity index (χ4n) is 1.53. The van der Waals surface area contributed by atoms with Crippen LogP contribution < -0.4 is 5.32 Å². The van der Waals surface area contributed by atoms with Gasteiger partial charge in [-0.25, -0.2) is 8.78 Å². The van der Waals surface area contributed by atoms with Crippen molar-refractivity contribution >= 4 is 23.4 Å². The number of halogens is 2. The number of amides is 1. The summed E-state index contributed by atoms with van der Waals surface area (Å²) >= 11 is 1.21. The molecule has 5 nitrogen and oxygen atoms in total. The normalized spacial score (nSPS) is 12.2. The van der Waals surface area contributed by atoms with E-state index in [2.05, 4.69) is 15.5 Å². The summed E-state index contributed by atoms with van der Waals surface area (Å²) in [5.74, 6) is -1.17. The fraction of sp³-hybridized carbons (Fsp3) is 0.308. The van der Waals surface area contributed by atoms with Crippen molar-refractivity contribution in [3.05, 3.63) is 35.7 Å². The molecule has 0 spiro atoms. The minimum atomic E-state index is -0.810. The molecule has 1 heterocycles. The summed E-state index contributed by atoms with van der Waals surface area (Å²) in [6.07, 6.45) is 0. The fourth-order valence-corrected chi connectivity index (χ4v) is 2.39. The molecular formula is C13H14F2N4OS. The average Bonchev–Trinajstić information content (AvgIpc) is 2.73. The topological polar surface area (TPSA) is 59.8 Å². The highest BCUT2D eigenvalue weighted by Crippen LogP contribution is 2.23. The van der Waals surface area contributed by atoms with E-state index < -0.39 is 22.8 Å². The van der Waals surface area contributed by atoms with Gasteiger partial charge in [0.1, 0.15) is 17.5 Å². The highest BCUT2D eigenvalue weighted by molar-refractivity contribution is 8.00. The molecule has 0 radical (unpaired) electrons. The zero-order valence-electron chi connectivity index (χ0n) is 11.7. The van der Waals surface area contributed by atoms with Crippen LogP contribution in [0.1, 0.15) is 12.7 Å². The largest absolute Gasteiger partial charge is 0.323 e. The Kier molecular flexibility index (Phi) is 4.56.